The van der Waals surface area contributed by atoms with E-state index in [0.29, 0.717) is 17.2 Å². The summed E-state index contributed by atoms with van der Waals surface area (Å²) in [5.41, 5.74) is 2.90. The summed E-state index contributed by atoms with van der Waals surface area (Å²) in [6.07, 6.45) is 1.19. The van der Waals surface area contributed by atoms with E-state index in [1.165, 1.54) is 0 Å². The Kier molecular flexibility index (Phi) is 9.74. The maximum atomic E-state index is 13.6. The van der Waals surface area contributed by atoms with Crippen LogP contribution in [0.25, 0.3) is 0 Å². The molecule has 0 aliphatic rings. The van der Waals surface area contributed by atoms with Gasteiger partial charge in [0.25, 0.3) is 5.91 Å². The van der Waals surface area contributed by atoms with Gasteiger partial charge in [0.15, 0.2) is 6.61 Å². The molecule has 35 heavy (non-hydrogen) atoms. The largest absolute Gasteiger partial charge is 0.484 e. The monoisotopic (exact) mass is 492 g/mol. The third-order valence-corrected chi connectivity index (χ3v) is 6.14. The normalized spacial score (nSPS) is 12.5. The van der Waals surface area contributed by atoms with Crippen LogP contribution in [0, 0.1) is 6.92 Å². The van der Waals surface area contributed by atoms with Gasteiger partial charge < -0.3 is 15.0 Å². The van der Waals surface area contributed by atoms with Gasteiger partial charge in [0.2, 0.25) is 5.91 Å². The fourth-order valence-electron chi connectivity index (χ4n) is 3.71. The summed E-state index contributed by atoms with van der Waals surface area (Å²) in [7, 11) is 0. The first-order valence-corrected chi connectivity index (χ1v) is 12.3. The summed E-state index contributed by atoms with van der Waals surface area (Å²) in [5, 5.41) is 3.68. The summed E-state index contributed by atoms with van der Waals surface area (Å²) in [5.74, 6) is 0.177. The predicted molar refractivity (Wildman–Crippen MR) is 141 cm³/mol. The van der Waals surface area contributed by atoms with Crippen LogP contribution in [0.5, 0.6) is 5.75 Å². The van der Waals surface area contributed by atoms with Crippen molar-refractivity contribution in [1.82, 2.24) is 10.2 Å². The second-order valence-electron chi connectivity index (χ2n) is 8.78. The Bertz CT molecular complexity index is 1100. The highest BCUT2D eigenvalue weighted by Gasteiger charge is 2.31. The molecule has 0 heterocycles. The second kappa shape index (κ2) is 13.0. The summed E-state index contributed by atoms with van der Waals surface area (Å²) >= 11 is 6.07. The number of carbonyl (C=O) groups excluding carboxylic acids is 2. The predicted octanol–water partition coefficient (Wildman–Crippen LogP) is 5.58. The Morgan fingerprint density at radius 1 is 0.971 bits per heavy atom. The van der Waals surface area contributed by atoms with Crippen molar-refractivity contribution in [2.24, 2.45) is 0 Å². The van der Waals surface area contributed by atoms with E-state index < -0.39 is 6.04 Å². The van der Waals surface area contributed by atoms with Crippen molar-refractivity contribution in [3.63, 3.8) is 0 Å². The van der Waals surface area contributed by atoms with Gasteiger partial charge in [-0.25, -0.2) is 0 Å². The highest BCUT2D eigenvalue weighted by molar-refractivity contribution is 6.30. The lowest BCUT2D eigenvalue weighted by Crippen LogP contribution is -2.53. The topological polar surface area (TPSA) is 58.6 Å². The minimum Gasteiger partial charge on any atom is -0.484 e. The number of carbonyl (C=O) groups is 2. The van der Waals surface area contributed by atoms with E-state index in [1.807, 2.05) is 87.5 Å². The quantitative estimate of drug-likeness (QED) is 0.380. The maximum Gasteiger partial charge on any atom is 0.261 e. The lowest BCUT2D eigenvalue weighted by atomic mass is 10.0. The van der Waals surface area contributed by atoms with E-state index in [4.69, 9.17) is 16.3 Å². The summed E-state index contributed by atoms with van der Waals surface area (Å²) in [4.78, 5) is 28.6. The first-order valence-electron chi connectivity index (χ1n) is 11.9. The molecule has 2 amide bonds. The fraction of sp³-hybridized carbons (Fsp3) is 0.310. The third-order valence-electron chi connectivity index (χ3n) is 5.89. The average molecular weight is 493 g/mol. The molecule has 6 heteroatoms. The number of amides is 2. The minimum atomic E-state index is -0.698. The van der Waals surface area contributed by atoms with E-state index in [-0.39, 0.29) is 31.0 Å². The lowest BCUT2D eigenvalue weighted by molar-refractivity contribution is -0.143. The van der Waals surface area contributed by atoms with Gasteiger partial charge in [-0.1, -0.05) is 73.1 Å². The van der Waals surface area contributed by atoms with Gasteiger partial charge in [0, 0.05) is 24.0 Å². The Balaban J connectivity index is 1.90. The number of aryl methyl sites for hydroxylation is 1. The molecule has 3 aromatic carbocycles. The second-order valence-corrected chi connectivity index (χ2v) is 9.21. The zero-order valence-electron chi connectivity index (χ0n) is 20.5. The first-order chi connectivity index (χ1) is 16.9. The molecule has 3 rings (SSSR count). The highest BCUT2D eigenvalue weighted by Crippen LogP contribution is 2.18. The maximum absolute atomic E-state index is 13.6. The number of rotatable bonds is 11. The number of ether oxygens (including phenoxy) is 1. The smallest absolute Gasteiger partial charge is 0.261 e. The number of halogens is 1. The molecule has 0 saturated heterocycles. The zero-order chi connectivity index (χ0) is 25.2. The molecule has 0 bridgehead atoms. The van der Waals surface area contributed by atoms with Crippen LogP contribution in [0.1, 0.15) is 37.0 Å². The average Bonchev–Trinajstić information content (AvgIpc) is 2.86. The van der Waals surface area contributed by atoms with Crippen LogP contribution in [0.15, 0.2) is 78.9 Å². The van der Waals surface area contributed by atoms with Crippen molar-refractivity contribution in [2.75, 3.05) is 6.61 Å². The summed E-state index contributed by atoms with van der Waals surface area (Å²) in [6.45, 7) is 6.04. The number of nitrogens with zero attached hydrogens (tertiary/aromatic N) is 1. The van der Waals surface area contributed by atoms with Crippen molar-refractivity contribution in [3.8, 4) is 5.75 Å². The van der Waals surface area contributed by atoms with Gasteiger partial charge in [-0.15, -0.1) is 0 Å². The van der Waals surface area contributed by atoms with Crippen molar-refractivity contribution < 1.29 is 14.3 Å². The van der Waals surface area contributed by atoms with Gasteiger partial charge in [0.05, 0.1) is 0 Å². The Hall–Kier alpha value is -3.31. The van der Waals surface area contributed by atoms with E-state index in [0.717, 1.165) is 23.1 Å². The highest BCUT2D eigenvalue weighted by atomic mass is 35.5. The molecule has 5 nitrogen and oxygen atoms in total. The number of benzene rings is 3. The molecule has 0 radical (unpaired) electrons. The number of nitrogens with one attached hydrogen (secondary N) is 1. The third kappa shape index (κ3) is 8.15. The number of hydrogen-bond acceptors (Lipinski definition) is 3. The minimum absolute atomic E-state index is 0.00296. The molecule has 0 aliphatic heterocycles. The van der Waals surface area contributed by atoms with Gasteiger partial charge in [0.1, 0.15) is 11.8 Å². The van der Waals surface area contributed by atoms with Gasteiger partial charge in [-0.2, -0.15) is 0 Å². The molecule has 0 aliphatic carbocycles. The Morgan fingerprint density at radius 2 is 1.69 bits per heavy atom. The van der Waals surface area contributed by atoms with Crippen molar-refractivity contribution in [2.45, 2.75) is 52.2 Å². The molecule has 1 N–H and O–H groups in total. The van der Waals surface area contributed by atoms with E-state index in [9.17, 15) is 9.59 Å². The first kappa shape index (κ1) is 26.3. The molecule has 0 aromatic heterocycles. The zero-order valence-corrected chi connectivity index (χ0v) is 21.3. The Morgan fingerprint density at radius 3 is 2.34 bits per heavy atom. The summed E-state index contributed by atoms with van der Waals surface area (Å²) < 4.78 is 5.82. The molecule has 0 spiro atoms. The van der Waals surface area contributed by atoms with Crippen molar-refractivity contribution in [1.29, 1.82) is 0 Å². The van der Waals surface area contributed by atoms with Crippen LogP contribution >= 0.6 is 11.6 Å². The molecule has 2 atom stereocenters. The molecular formula is C29H33ClN2O3. The van der Waals surface area contributed by atoms with Crippen molar-refractivity contribution >= 4 is 23.4 Å². The molecule has 0 unspecified atom stereocenters. The van der Waals surface area contributed by atoms with Crippen LogP contribution in [0.2, 0.25) is 5.02 Å². The van der Waals surface area contributed by atoms with Crippen LogP contribution in [0.3, 0.4) is 0 Å². The van der Waals surface area contributed by atoms with Crippen LogP contribution in [-0.2, 0) is 22.6 Å². The molecule has 184 valence electrons. The van der Waals surface area contributed by atoms with Crippen LogP contribution in [0.4, 0.5) is 0 Å². The van der Waals surface area contributed by atoms with Gasteiger partial charge >= 0.3 is 0 Å². The Labute approximate surface area is 213 Å². The standard InChI is InChI=1S/C29H33ClN2O3/c1-4-22(3)31-29(34)27(18-23-10-6-5-7-11-23)32(19-24-13-15-25(30)16-14-24)28(33)20-35-26-12-8-9-21(2)17-26/h5-17,22,27H,4,18-20H2,1-3H3,(H,31,34)/t22-,27-/m1/s1. The fourth-order valence-corrected chi connectivity index (χ4v) is 3.84. The SMILES string of the molecule is CC[C@@H](C)NC(=O)[C@@H](Cc1ccccc1)N(Cc1ccc(Cl)cc1)C(=O)COc1cccc(C)c1. The van der Waals surface area contributed by atoms with Crippen molar-refractivity contribution in [3.05, 3.63) is 101 Å². The number of hydrogen-bond donors (Lipinski definition) is 1. The molecular weight excluding hydrogens is 460 g/mol. The van der Waals surface area contributed by atoms with Gasteiger partial charge in [-0.3, -0.25) is 9.59 Å². The molecule has 0 fully saturated rings. The molecule has 0 saturated carbocycles. The van der Waals surface area contributed by atoms with Crippen LogP contribution < -0.4 is 10.1 Å². The summed E-state index contributed by atoms with van der Waals surface area (Å²) in [6, 6.07) is 23.9. The molecule has 3 aromatic rings. The van der Waals surface area contributed by atoms with E-state index in [2.05, 4.69) is 5.32 Å². The lowest BCUT2D eigenvalue weighted by Gasteiger charge is -2.32. The van der Waals surface area contributed by atoms with Gasteiger partial charge in [-0.05, 0) is 61.2 Å². The van der Waals surface area contributed by atoms with E-state index in [1.54, 1.807) is 17.0 Å². The van der Waals surface area contributed by atoms with Crippen LogP contribution in [-0.4, -0.2) is 35.4 Å². The van der Waals surface area contributed by atoms with E-state index >= 15 is 0 Å².